The van der Waals surface area contributed by atoms with Gasteiger partial charge in [0.25, 0.3) is 0 Å². The Hall–Kier alpha value is -2.38. The molecule has 0 aliphatic carbocycles. The van der Waals surface area contributed by atoms with Crippen LogP contribution in [-0.2, 0) is 6.42 Å². The highest BCUT2D eigenvalue weighted by Gasteiger charge is 2.18. The van der Waals surface area contributed by atoms with E-state index in [4.69, 9.17) is 15.6 Å². The molecule has 7 heteroatoms. The SMILES string of the molecule is CCCCCC(O)NCCCCOn1c(CCCC)nc2c(N)nc3ccccc3c21. The third-order valence-corrected chi connectivity index (χ3v) is 5.55. The van der Waals surface area contributed by atoms with Gasteiger partial charge in [-0.2, -0.15) is 4.73 Å². The number of aromatic nitrogens is 3. The van der Waals surface area contributed by atoms with Gasteiger partial charge in [0.05, 0.1) is 5.52 Å². The smallest absolute Gasteiger partial charge is 0.152 e. The zero-order valence-electron chi connectivity index (χ0n) is 18.9. The van der Waals surface area contributed by atoms with Gasteiger partial charge >= 0.3 is 0 Å². The number of pyridine rings is 1. The van der Waals surface area contributed by atoms with E-state index >= 15 is 0 Å². The van der Waals surface area contributed by atoms with Crippen LogP contribution in [0.15, 0.2) is 24.3 Å². The first kappa shape index (κ1) is 23.3. The summed E-state index contributed by atoms with van der Waals surface area (Å²) in [5.74, 6) is 1.33. The Labute approximate surface area is 185 Å². The van der Waals surface area contributed by atoms with Crippen molar-refractivity contribution in [1.82, 2.24) is 20.0 Å². The van der Waals surface area contributed by atoms with Gasteiger partial charge in [-0.25, -0.2) is 9.97 Å². The number of aliphatic hydroxyl groups is 1. The lowest BCUT2D eigenvalue weighted by Crippen LogP contribution is -2.29. The van der Waals surface area contributed by atoms with Crippen LogP contribution in [0.2, 0.25) is 0 Å². The standard InChI is InChI=1S/C24H37N5O2/c1-3-5-7-15-21(30)26-16-10-11-17-31-29-20(14-6-4-2)28-22-23(29)18-12-8-9-13-19(18)27-24(22)25/h8-9,12-13,21,26,30H,3-7,10-11,14-17H2,1-2H3,(H2,25,27). The van der Waals surface area contributed by atoms with E-state index < -0.39 is 6.23 Å². The monoisotopic (exact) mass is 427 g/mol. The molecule has 3 aromatic rings. The number of anilines is 1. The summed E-state index contributed by atoms with van der Waals surface area (Å²) in [6, 6.07) is 7.97. The van der Waals surface area contributed by atoms with E-state index in [1.165, 1.54) is 12.8 Å². The number of benzene rings is 1. The predicted molar refractivity (Wildman–Crippen MR) is 127 cm³/mol. The number of nitrogens with one attached hydrogen (secondary N) is 1. The number of aliphatic hydroxyl groups excluding tert-OH is 1. The van der Waals surface area contributed by atoms with Crippen molar-refractivity contribution in [2.24, 2.45) is 0 Å². The van der Waals surface area contributed by atoms with E-state index in [0.717, 1.165) is 73.7 Å². The van der Waals surface area contributed by atoms with Crippen molar-refractivity contribution < 1.29 is 9.94 Å². The topological polar surface area (TPSA) is 98.2 Å². The number of rotatable bonds is 14. The first-order valence-corrected chi connectivity index (χ1v) is 11.8. The van der Waals surface area contributed by atoms with Crippen molar-refractivity contribution >= 4 is 27.8 Å². The molecule has 2 heterocycles. The van der Waals surface area contributed by atoms with E-state index in [-0.39, 0.29) is 0 Å². The number of aryl methyl sites for hydroxylation is 1. The Morgan fingerprint density at radius 1 is 1.06 bits per heavy atom. The van der Waals surface area contributed by atoms with Crippen molar-refractivity contribution in [1.29, 1.82) is 0 Å². The fraction of sp³-hybridized carbons (Fsp3) is 0.583. The minimum absolute atomic E-state index is 0.410. The maximum absolute atomic E-state index is 9.97. The van der Waals surface area contributed by atoms with Crippen LogP contribution in [-0.4, -0.2) is 39.2 Å². The first-order valence-electron chi connectivity index (χ1n) is 11.8. The van der Waals surface area contributed by atoms with Crippen LogP contribution in [0.4, 0.5) is 5.82 Å². The molecular formula is C24H37N5O2. The summed E-state index contributed by atoms with van der Waals surface area (Å²) in [4.78, 5) is 15.5. The molecule has 0 aliphatic rings. The molecule has 31 heavy (non-hydrogen) atoms. The van der Waals surface area contributed by atoms with Crippen LogP contribution < -0.4 is 15.9 Å². The molecule has 4 N–H and O–H groups in total. The lowest BCUT2D eigenvalue weighted by molar-refractivity contribution is 0.103. The molecule has 1 unspecified atom stereocenters. The molecule has 0 amide bonds. The van der Waals surface area contributed by atoms with Gasteiger partial charge in [-0.15, -0.1) is 0 Å². The molecule has 0 aliphatic heterocycles. The highest BCUT2D eigenvalue weighted by molar-refractivity contribution is 6.06. The normalized spacial score (nSPS) is 12.6. The summed E-state index contributed by atoms with van der Waals surface area (Å²) in [5, 5.41) is 14.2. The summed E-state index contributed by atoms with van der Waals surface area (Å²) < 4.78 is 1.87. The van der Waals surface area contributed by atoms with Crippen LogP contribution in [0.1, 0.15) is 71.0 Å². The van der Waals surface area contributed by atoms with Crippen LogP contribution in [0.5, 0.6) is 0 Å². The maximum Gasteiger partial charge on any atom is 0.152 e. The Morgan fingerprint density at radius 2 is 1.87 bits per heavy atom. The van der Waals surface area contributed by atoms with Crippen molar-refractivity contribution in [3.8, 4) is 0 Å². The van der Waals surface area contributed by atoms with E-state index in [1.54, 1.807) is 0 Å². The fourth-order valence-electron chi connectivity index (χ4n) is 3.80. The number of nitrogens with zero attached hydrogens (tertiary/aromatic N) is 3. The van der Waals surface area contributed by atoms with Crippen LogP contribution in [0.3, 0.4) is 0 Å². The first-order chi connectivity index (χ1) is 15.2. The number of hydrogen-bond donors (Lipinski definition) is 3. The number of unbranched alkanes of at least 4 members (excludes halogenated alkanes) is 4. The van der Waals surface area contributed by atoms with E-state index in [2.05, 4.69) is 24.1 Å². The molecule has 1 aromatic carbocycles. The average Bonchev–Trinajstić information content (AvgIpc) is 3.14. The third-order valence-electron chi connectivity index (χ3n) is 5.55. The average molecular weight is 428 g/mol. The highest BCUT2D eigenvalue weighted by atomic mass is 16.7. The molecule has 0 radical (unpaired) electrons. The van der Waals surface area contributed by atoms with Crippen LogP contribution in [0, 0.1) is 0 Å². The molecule has 0 bridgehead atoms. The van der Waals surface area contributed by atoms with E-state index in [1.807, 2.05) is 29.0 Å². The second-order valence-electron chi connectivity index (χ2n) is 8.14. The molecule has 0 spiro atoms. The van der Waals surface area contributed by atoms with Gasteiger partial charge in [-0.05, 0) is 44.7 Å². The van der Waals surface area contributed by atoms with Gasteiger partial charge in [-0.1, -0.05) is 51.3 Å². The molecule has 170 valence electrons. The van der Waals surface area contributed by atoms with Crippen molar-refractivity contribution in [3.63, 3.8) is 0 Å². The number of nitrogens with two attached hydrogens (primary N) is 1. The van der Waals surface area contributed by atoms with Gasteiger partial charge in [0, 0.05) is 11.8 Å². The quantitative estimate of drug-likeness (QED) is 0.263. The molecule has 0 saturated heterocycles. The summed E-state index contributed by atoms with van der Waals surface area (Å²) >= 11 is 0. The lowest BCUT2D eigenvalue weighted by Gasteiger charge is -2.14. The second-order valence-corrected chi connectivity index (χ2v) is 8.14. The fourth-order valence-corrected chi connectivity index (χ4v) is 3.80. The maximum atomic E-state index is 9.97. The van der Waals surface area contributed by atoms with E-state index in [0.29, 0.717) is 17.9 Å². The van der Waals surface area contributed by atoms with E-state index in [9.17, 15) is 5.11 Å². The molecule has 2 aromatic heterocycles. The number of fused-ring (bicyclic) bond motifs is 3. The summed E-state index contributed by atoms with van der Waals surface area (Å²) in [6.07, 6.45) is 8.60. The van der Waals surface area contributed by atoms with Crippen molar-refractivity contribution in [2.75, 3.05) is 18.9 Å². The molecule has 7 nitrogen and oxygen atoms in total. The Balaban J connectivity index is 1.65. The summed E-state index contributed by atoms with van der Waals surface area (Å²) in [5.41, 5.74) is 8.68. The van der Waals surface area contributed by atoms with Gasteiger partial charge in [0.1, 0.15) is 29.7 Å². The Kier molecular flexibility index (Phi) is 8.91. The molecule has 0 fully saturated rings. The second kappa shape index (κ2) is 11.9. The minimum atomic E-state index is -0.410. The Morgan fingerprint density at radius 3 is 2.68 bits per heavy atom. The zero-order chi connectivity index (χ0) is 22.1. The van der Waals surface area contributed by atoms with Crippen molar-refractivity contribution in [2.45, 2.75) is 77.9 Å². The molecule has 0 saturated carbocycles. The van der Waals surface area contributed by atoms with Gasteiger partial charge in [0.15, 0.2) is 5.82 Å². The van der Waals surface area contributed by atoms with Gasteiger partial charge in [-0.3, -0.25) is 5.32 Å². The molecule has 3 rings (SSSR count). The van der Waals surface area contributed by atoms with Gasteiger partial charge in [0.2, 0.25) is 0 Å². The van der Waals surface area contributed by atoms with Crippen LogP contribution in [0.25, 0.3) is 21.9 Å². The summed E-state index contributed by atoms with van der Waals surface area (Å²) in [7, 11) is 0. The molecule has 1 atom stereocenters. The Bertz CT molecular complexity index is 956. The number of nitrogen functional groups attached to an aromatic ring is 1. The van der Waals surface area contributed by atoms with Crippen molar-refractivity contribution in [3.05, 3.63) is 30.1 Å². The van der Waals surface area contributed by atoms with Crippen LogP contribution >= 0.6 is 0 Å². The number of imidazole rings is 1. The summed E-state index contributed by atoms with van der Waals surface area (Å²) in [6.45, 7) is 5.70. The highest BCUT2D eigenvalue weighted by Crippen LogP contribution is 2.28. The largest absolute Gasteiger partial charge is 0.412 e. The lowest BCUT2D eigenvalue weighted by atomic mass is 10.2. The third kappa shape index (κ3) is 6.08. The number of para-hydroxylation sites is 1. The molecular weight excluding hydrogens is 390 g/mol. The number of hydrogen-bond acceptors (Lipinski definition) is 6. The predicted octanol–water partition coefficient (Wildman–Crippen LogP) is 4.21. The minimum Gasteiger partial charge on any atom is -0.412 e. The van der Waals surface area contributed by atoms with Gasteiger partial charge < -0.3 is 15.7 Å². The zero-order valence-corrected chi connectivity index (χ0v) is 18.9.